The third-order valence-electron chi connectivity index (χ3n) is 4.26. The van der Waals surface area contributed by atoms with Crippen molar-refractivity contribution in [2.75, 3.05) is 6.54 Å². The second-order valence-corrected chi connectivity index (χ2v) is 9.36. The molecule has 0 amide bonds. The van der Waals surface area contributed by atoms with Crippen molar-refractivity contribution in [3.63, 3.8) is 0 Å². The van der Waals surface area contributed by atoms with Crippen LogP contribution in [0.4, 0.5) is 0 Å². The number of rotatable bonds is 6. The van der Waals surface area contributed by atoms with Gasteiger partial charge in [-0.15, -0.1) is 0 Å². The Hall–Kier alpha value is -1.95. The molecule has 0 heterocycles. The SMILES string of the molecule is CCCN[PH](c1ccccc1)(c1ccccc1)c1ccccc1. The zero-order chi connectivity index (χ0) is 16.0. The summed E-state index contributed by atoms with van der Waals surface area (Å²) >= 11 is 0. The molecule has 0 saturated carbocycles. The summed E-state index contributed by atoms with van der Waals surface area (Å²) in [4.78, 5) is 0. The van der Waals surface area contributed by atoms with E-state index in [1.807, 2.05) is 0 Å². The van der Waals surface area contributed by atoms with E-state index in [9.17, 15) is 0 Å². The molecule has 0 atom stereocenters. The van der Waals surface area contributed by atoms with E-state index < -0.39 is 7.41 Å². The van der Waals surface area contributed by atoms with E-state index in [0.29, 0.717) is 0 Å². The molecule has 0 aliphatic carbocycles. The van der Waals surface area contributed by atoms with Crippen LogP contribution in [0.3, 0.4) is 0 Å². The van der Waals surface area contributed by atoms with Gasteiger partial charge in [0.2, 0.25) is 0 Å². The van der Waals surface area contributed by atoms with Gasteiger partial charge in [-0.2, -0.15) is 0 Å². The Morgan fingerprint density at radius 3 is 1.26 bits per heavy atom. The first kappa shape index (κ1) is 15.9. The third-order valence-corrected chi connectivity index (χ3v) is 8.64. The van der Waals surface area contributed by atoms with Crippen LogP contribution in [0.5, 0.6) is 0 Å². The van der Waals surface area contributed by atoms with Crippen molar-refractivity contribution in [2.45, 2.75) is 13.3 Å². The van der Waals surface area contributed by atoms with E-state index in [-0.39, 0.29) is 0 Å². The van der Waals surface area contributed by atoms with E-state index in [1.54, 1.807) is 0 Å². The average Bonchev–Trinajstić information content (AvgIpc) is 2.65. The zero-order valence-corrected chi connectivity index (χ0v) is 14.6. The number of hydrogen-bond donors (Lipinski definition) is 1. The molecule has 3 aromatic rings. The summed E-state index contributed by atoms with van der Waals surface area (Å²) in [6, 6.07) is 32.8. The summed E-state index contributed by atoms with van der Waals surface area (Å²) in [5.74, 6) is 0. The Bertz CT molecular complexity index is 614. The summed E-state index contributed by atoms with van der Waals surface area (Å²) < 4.78 is 0. The monoisotopic (exact) mass is 321 g/mol. The number of nitrogens with one attached hydrogen (secondary N) is 1. The van der Waals surface area contributed by atoms with Crippen molar-refractivity contribution >= 4 is 23.3 Å². The molecule has 2 heteroatoms. The summed E-state index contributed by atoms with van der Waals surface area (Å²) in [5.41, 5.74) is 0. The fourth-order valence-electron chi connectivity index (χ4n) is 3.18. The Kier molecular flexibility index (Phi) is 5.23. The zero-order valence-electron chi connectivity index (χ0n) is 13.6. The standard InChI is InChI=1S/C21H24NP/c1-2-18-22-23(19-12-6-3-7-13-19,20-14-8-4-9-15-20)21-16-10-5-11-17-21/h3-17,22-23H,2,18H2,1H3. The van der Waals surface area contributed by atoms with Gasteiger partial charge in [-0.05, 0) is 0 Å². The Balaban J connectivity index is 2.25. The molecule has 0 aliphatic rings. The van der Waals surface area contributed by atoms with Crippen molar-refractivity contribution in [1.82, 2.24) is 5.09 Å². The van der Waals surface area contributed by atoms with Crippen molar-refractivity contribution in [3.05, 3.63) is 91.0 Å². The molecule has 0 radical (unpaired) electrons. The number of benzene rings is 3. The molecule has 0 saturated heterocycles. The van der Waals surface area contributed by atoms with Crippen LogP contribution in [0.25, 0.3) is 0 Å². The summed E-state index contributed by atoms with van der Waals surface area (Å²) in [6.07, 6.45) is 1.13. The molecule has 3 rings (SSSR count). The first-order chi connectivity index (χ1) is 11.4. The Morgan fingerprint density at radius 2 is 0.957 bits per heavy atom. The number of hydrogen-bond acceptors (Lipinski definition) is 1. The fraction of sp³-hybridized carbons (Fsp3) is 0.143. The van der Waals surface area contributed by atoms with Crippen LogP contribution < -0.4 is 21.0 Å². The summed E-state index contributed by atoms with van der Waals surface area (Å²) in [5, 5.41) is 8.20. The van der Waals surface area contributed by atoms with E-state index in [1.165, 1.54) is 15.9 Å². The molecular weight excluding hydrogens is 297 g/mol. The molecule has 0 aliphatic heterocycles. The summed E-state index contributed by atoms with van der Waals surface area (Å²) in [6.45, 7) is 3.25. The van der Waals surface area contributed by atoms with Crippen LogP contribution in [0.2, 0.25) is 0 Å². The summed E-state index contributed by atoms with van der Waals surface area (Å²) in [7, 11) is -2.19. The van der Waals surface area contributed by atoms with Crippen LogP contribution in [0.15, 0.2) is 91.0 Å². The van der Waals surface area contributed by atoms with Gasteiger partial charge in [0.15, 0.2) is 0 Å². The molecule has 1 nitrogen and oxygen atoms in total. The second kappa shape index (κ2) is 7.55. The Labute approximate surface area is 139 Å². The van der Waals surface area contributed by atoms with E-state index >= 15 is 0 Å². The molecule has 0 aromatic heterocycles. The first-order valence-corrected chi connectivity index (χ1v) is 10.3. The van der Waals surface area contributed by atoms with Gasteiger partial charge in [0.1, 0.15) is 0 Å². The van der Waals surface area contributed by atoms with Crippen molar-refractivity contribution in [3.8, 4) is 0 Å². The van der Waals surface area contributed by atoms with Gasteiger partial charge in [-0.1, -0.05) is 0 Å². The normalized spacial score (nSPS) is 12.0. The molecule has 0 fully saturated rings. The maximum absolute atomic E-state index is 3.97. The molecule has 3 aromatic carbocycles. The van der Waals surface area contributed by atoms with Crippen LogP contribution in [-0.2, 0) is 0 Å². The van der Waals surface area contributed by atoms with Crippen molar-refractivity contribution < 1.29 is 0 Å². The van der Waals surface area contributed by atoms with Gasteiger partial charge >= 0.3 is 139 Å². The average molecular weight is 321 g/mol. The van der Waals surface area contributed by atoms with Crippen molar-refractivity contribution in [1.29, 1.82) is 0 Å². The maximum atomic E-state index is 3.97. The van der Waals surface area contributed by atoms with Crippen LogP contribution in [-0.4, -0.2) is 6.54 Å². The van der Waals surface area contributed by atoms with E-state index in [2.05, 4.69) is 103 Å². The topological polar surface area (TPSA) is 12.0 Å². The predicted octanol–water partition coefficient (Wildman–Crippen LogP) is 3.63. The first-order valence-electron chi connectivity index (χ1n) is 8.29. The second-order valence-electron chi connectivity index (χ2n) is 5.77. The van der Waals surface area contributed by atoms with Gasteiger partial charge in [0.25, 0.3) is 0 Å². The van der Waals surface area contributed by atoms with Gasteiger partial charge in [0, 0.05) is 0 Å². The molecule has 0 spiro atoms. The molecular formula is C21H24NP. The van der Waals surface area contributed by atoms with E-state index in [4.69, 9.17) is 0 Å². The van der Waals surface area contributed by atoms with Gasteiger partial charge in [-0.3, -0.25) is 0 Å². The molecule has 1 N–H and O–H groups in total. The minimum atomic E-state index is -2.19. The molecule has 118 valence electrons. The molecule has 0 bridgehead atoms. The quantitative estimate of drug-likeness (QED) is 0.684. The van der Waals surface area contributed by atoms with Crippen LogP contribution in [0.1, 0.15) is 13.3 Å². The molecule has 23 heavy (non-hydrogen) atoms. The Morgan fingerprint density at radius 1 is 0.609 bits per heavy atom. The molecule has 0 unspecified atom stereocenters. The van der Waals surface area contributed by atoms with E-state index in [0.717, 1.165) is 13.0 Å². The fourth-order valence-corrected chi connectivity index (χ4v) is 7.50. The minimum absolute atomic E-state index is 1.02. The van der Waals surface area contributed by atoms with Crippen molar-refractivity contribution in [2.24, 2.45) is 0 Å². The van der Waals surface area contributed by atoms with Gasteiger partial charge < -0.3 is 0 Å². The van der Waals surface area contributed by atoms with Crippen LogP contribution >= 0.6 is 7.41 Å². The van der Waals surface area contributed by atoms with Gasteiger partial charge in [0.05, 0.1) is 0 Å². The predicted molar refractivity (Wildman–Crippen MR) is 105 cm³/mol. The van der Waals surface area contributed by atoms with Gasteiger partial charge in [-0.25, -0.2) is 0 Å². The third kappa shape index (κ3) is 3.22. The van der Waals surface area contributed by atoms with Crippen LogP contribution in [0, 0.1) is 0 Å².